The second-order valence-electron chi connectivity index (χ2n) is 3.81. The molecule has 0 N–H and O–H groups in total. The van der Waals surface area contributed by atoms with E-state index in [1.54, 1.807) is 6.92 Å². The number of hydrogen-bond donors (Lipinski definition) is 0. The molecule has 7 heteroatoms. The summed E-state index contributed by atoms with van der Waals surface area (Å²) in [5.74, 6) is -0.453. The molecule has 6 nitrogen and oxygen atoms in total. The Hall–Kier alpha value is -0.660. The summed E-state index contributed by atoms with van der Waals surface area (Å²) in [6.45, 7) is 2.35. The van der Waals surface area contributed by atoms with Gasteiger partial charge in [0.05, 0.1) is 6.61 Å². The minimum absolute atomic E-state index is 0.269. The predicted molar refractivity (Wildman–Crippen MR) is 59.0 cm³/mol. The van der Waals surface area contributed by atoms with Gasteiger partial charge in [-0.3, -0.25) is 4.79 Å². The monoisotopic (exact) mass is 250 g/mol. The van der Waals surface area contributed by atoms with E-state index < -0.39 is 22.2 Å². The number of ether oxygens (including phenoxy) is 1. The summed E-state index contributed by atoms with van der Waals surface area (Å²) in [6.07, 6.45) is 1.22. The third kappa shape index (κ3) is 2.53. The van der Waals surface area contributed by atoms with Gasteiger partial charge >= 0.3 is 5.97 Å². The van der Waals surface area contributed by atoms with E-state index >= 15 is 0 Å². The summed E-state index contributed by atoms with van der Waals surface area (Å²) < 4.78 is 31.0. The molecule has 0 radical (unpaired) electrons. The molecule has 1 unspecified atom stereocenters. The van der Waals surface area contributed by atoms with Crippen LogP contribution in [-0.4, -0.2) is 56.3 Å². The lowest BCUT2D eigenvalue weighted by Gasteiger charge is -2.25. The van der Waals surface area contributed by atoms with Crippen LogP contribution in [0.25, 0.3) is 0 Å². The maximum absolute atomic E-state index is 11.9. The van der Waals surface area contributed by atoms with Gasteiger partial charge in [0.15, 0.2) is 0 Å². The van der Waals surface area contributed by atoms with Crippen molar-refractivity contribution >= 4 is 16.2 Å². The Bertz CT molecular complexity index is 353. The van der Waals surface area contributed by atoms with E-state index in [1.807, 2.05) is 0 Å². The van der Waals surface area contributed by atoms with Crippen LogP contribution in [0.3, 0.4) is 0 Å². The van der Waals surface area contributed by atoms with E-state index in [4.69, 9.17) is 4.74 Å². The highest BCUT2D eigenvalue weighted by Crippen LogP contribution is 2.23. The van der Waals surface area contributed by atoms with Crippen LogP contribution in [0.4, 0.5) is 0 Å². The van der Waals surface area contributed by atoms with Gasteiger partial charge in [-0.05, 0) is 19.8 Å². The highest BCUT2D eigenvalue weighted by Gasteiger charge is 2.40. The Morgan fingerprint density at radius 3 is 2.62 bits per heavy atom. The quantitative estimate of drug-likeness (QED) is 0.649. The van der Waals surface area contributed by atoms with Crippen molar-refractivity contribution in [3.63, 3.8) is 0 Å². The smallest absolute Gasteiger partial charge is 0.324 e. The second kappa shape index (κ2) is 5.11. The minimum Gasteiger partial charge on any atom is -0.465 e. The number of hydrogen-bond acceptors (Lipinski definition) is 4. The first-order chi connectivity index (χ1) is 7.41. The zero-order chi connectivity index (χ0) is 12.3. The van der Waals surface area contributed by atoms with Crippen molar-refractivity contribution in [1.29, 1.82) is 0 Å². The van der Waals surface area contributed by atoms with E-state index in [2.05, 4.69) is 0 Å². The Morgan fingerprint density at radius 2 is 2.12 bits per heavy atom. The van der Waals surface area contributed by atoms with Gasteiger partial charge in [-0.2, -0.15) is 17.0 Å². The van der Waals surface area contributed by atoms with Crippen molar-refractivity contribution in [1.82, 2.24) is 8.61 Å². The van der Waals surface area contributed by atoms with Crippen molar-refractivity contribution < 1.29 is 17.9 Å². The Kier molecular flexibility index (Phi) is 4.28. The van der Waals surface area contributed by atoms with Crippen LogP contribution in [0, 0.1) is 0 Å². The molecule has 1 saturated heterocycles. The molecule has 1 heterocycles. The molecule has 0 aromatic heterocycles. The third-order valence-electron chi connectivity index (χ3n) is 2.52. The Labute approximate surface area is 96.3 Å². The third-order valence-corrected chi connectivity index (χ3v) is 4.47. The lowest BCUT2D eigenvalue weighted by atomic mass is 10.2. The molecule has 0 amide bonds. The first-order valence-electron chi connectivity index (χ1n) is 5.27. The molecule has 0 aliphatic carbocycles. The zero-order valence-corrected chi connectivity index (χ0v) is 10.7. The molecule has 1 aliphatic heterocycles. The number of carbonyl (C=O) groups is 1. The van der Waals surface area contributed by atoms with Gasteiger partial charge in [-0.25, -0.2) is 0 Å². The van der Waals surface area contributed by atoms with Crippen LogP contribution in [0.2, 0.25) is 0 Å². The van der Waals surface area contributed by atoms with E-state index in [-0.39, 0.29) is 6.61 Å². The first kappa shape index (κ1) is 13.4. The molecule has 16 heavy (non-hydrogen) atoms. The maximum Gasteiger partial charge on any atom is 0.324 e. The molecule has 1 atom stereocenters. The van der Waals surface area contributed by atoms with Gasteiger partial charge in [0.2, 0.25) is 0 Å². The summed E-state index contributed by atoms with van der Waals surface area (Å²) >= 11 is 0. The summed E-state index contributed by atoms with van der Waals surface area (Å²) in [5.41, 5.74) is 0. The maximum atomic E-state index is 11.9. The normalized spacial score (nSPS) is 22.6. The van der Waals surface area contributed by atoms with E-state index in [0.29, 0.717) is 19.4 Å². The molecule has 94 valence electrons. The van der Waals surface area contributed by atoms with E-state index in [0.717, 1.165) is 4.31 Å². The average molecular weight is 250 g/mol. The SMILES string of the molecule is CCOC(=O)C1CCCN1S(=O)(=O)N(C)C. The van der Waals surface area contributed by atoms with Crippen molar-refractivity contribution in [2.24, 2.45) is 0 Å². The van der Waals surface area contributed by atoms with Crippen molar-refractivity contribution in [2.75, 3.05) is 27.2 Å². The fourth-order valence-electron chi connectivity index (χ4n) is 1.70. The van der Waals surface area contributed by atoms with Crippen molar-refractivity contribution in [2.45, 2.75) is 25.8 Å². The summed E-state index contributed by atoms with van der Waals surface area (Å²) in [5, 5.41) is 0. The van der Waals surface area contributed by atoms with Gasteiger partial charge in [0, 0.05) is 20.6 Å². The van der Waals surface area contributed by atoms with Crippen LogP contribution in [0.5, 0.6) is 0 Å². The average Bonchev–Trinajstić information content (AvgIpc) is 2.66. The Balaban J connectivity index is 2.85. The van der Waals surface area contributed by atoms with Crippen molar-refractivity contribution in [3.8, 4) is 0 Å². The zero-order valence-electron chi connectivity index (χ0n) is 9.84. The van der Waals surface area contributed by atoms with Gasteiger partial charge in [0.25, 0.3) is 10.2 Å². The molecule has 0 aromatic rings. The van der Waals surface area contributed by atoms with E-state index in [9.17, 15) is 13.2 Å². The molecule has 0 aromatic carbocycles. The van der Waals surface area contributed by atoms with Crippen molar-refractivity contribution in [3.05, 3.63) is 0 Å². The van der Waals surface area contributed by atoms with Crippen LogP contribution in [-0.2, 0) is 19.7 Å². The summed E-state index contributed by atoms with van der Waals surface area (Å²) in [7, 11) is -0.615. The van der Waals surface area contributed by atoms with Gasteiger partial charge in [0.1, 0.15) is 6.04 Å². The summed E-state index contributed by atoms with van der Waals surface area (Å²) in [6, 6.07) is -0.660. The first-order valence-corrected chi connectivity index (χ1v) is 6.67. The summed E-state index contributed by atoms with van der Waals surface area (Å²) in [4.78, 5) is 11.6. The second-order valence-corrected chi connectivity index (χ2v) is 5.91. The molecule has 1 rings (SSSR count). The fourth-order valence-corrected chi connectivity index (χ4v) is 2.99. The number of nitrogens with zero attached hydrogens (tertiary/aromatic N) is 2. The molecule has 0 saturated carbocycles. The molecule has 1 fully saturated rings. The van der Waals surface area contributed by atoms with Crippen LogP contribution >= 0.6 is 0 Å². The number of rotatable bonds is 4. The molecular weight excluding hydrogens is 232 g/mol. The highest BCUT2D eigenvalue weighted by molar-refractivity contribution is 7.86. The number of esters is 1. The Morgan fingerprint density at radius 1 is 1.50 bits per heavy atom. The standard InChI is InChI=1S/C9H18N2O4S/c1-4-15-9(12)8-6-5-7-11(8)16(13,14)10(2)3/h8H,4-7H2,1-3H3. The molecule has 1 aliphatic rings. The molecule has 0 spiro atoms. The van der Waals surface area contributed by atoms with E-state index in [1.165, 1.54) is 18.4 Å². The minimum atomic E-state index is -3.52. The topological polar surface area (TPSA) is 66.9 Å². The predicted octanol–water partition coefficient (Wildman–Crippen LogP) is -0.180. The van der Waals surface area contributed by atoms with Crippen LogP contribution in [0.15, 0.2) is 0 Å². The van der Waals surface area contributed by atoms with Gasteiger partial charge < -0.3 is 4.74 Å². The molecule has 0 bridgehead atoms. The number of carbonyl (C=O) groups excluding carboxylic acids is 1. The van der Waals surface area contributed by atoms with Crippen LogP contribution in [0.1, 0.15) is 19.8 Å². The largest absolute Gasteiger partial charge is 0.465 e. The molecular formula is C9H18N2O4S. The highest BCUT2D eigenvalue weighted by atomic mass is 32.2. The fraction of sp³-hybridized carbons (Fsp3) is 0.889. The van der Waals surface area contributed by atoms with Gasteiger partial charge in [-0.1, -0.05) is 0 Å². The van der Waals surface area contributed by atoms with Gasteiger partial charge in [-0.15, -0.1) is 0 Å². The lowest BCUT2D eigenvalue weighted by molar-refractivity contribution is -0.146. The lowest BCUT2D eigenvalue weighted by Crippen LogP contribution is -2.46. The van der Waals surface area contributed by atoms with Crippen LogP contribution < -0.4 is 0 Å².